The Balaban J connectivity index is 2.53. The molecule has 43 heavy (non-hydrogen) atoms. The van der Waals surface area contributed by atoms with Gasteiger partial charge in [-0.15, -0.1) is 11.8 Å². The fourth-order valence-electron chi connectivity index (χ4n) is 4.43. The molecule has 9 atom stereocenters. The lowest BCUT2D eigenvalue weighted by atomic mass is 9.99. The highest BCUT2D eigenvalue weighted by Gasteiger charge is 2.55. The van der Waals surface area contributed by atoms with E-state index in [1.165, 1.54) is 6.92 Å². The molecule has 0 aromatic heterocycles. The van der Waals surface area contributed by atoms with Crippen LogP contribution >= 0.6 is 11.8 Å². The summed E-state index contributed by atoms with van der Waals surface area (Å²) in [6.45, 7) is 6.95. The summed E-state index contributed by atoms with van der Waals surface area (Å²) in [5.41, 5.74) is -1.23. The second-order valence-corrected chi connectivity index (χ2v) is 10.9. The summed E-state index contributed by atoms with van der Waals surface area (Å²) in [7, 11) is 0. The van der Waals surface area contributed by atoms with Gasteiger partial charge in [0.1, 0.15) is 30.9 Å². The summed E-state index contributed by atoms with van der Waals surface area (Å²) in [6.07, 6.45) is -8.83. The van der Waals surface area contributed by atoms with E-state index in [9.17, 15) is 33.6 Å². The second-order valence-electron chi connectivity index (χ2n) is 9.56. The van der Waals surface area contributed by atoms with E-state index in [0.29, 0.717) is 0 Å². The van der Waals surface area contributed by atoms with Gasteiger partial charge in [-0.25, -0.2) is 0 Å². The van der Waals surface area contributed by atoms with E-state index in [1.54, 1.807) is 0 Å². The largest absolute Gasteiger partial charge is 0.463 e. The van der Waals surface area contributed by atoms with Crippen molar-refractivity contribution >= 4 is 53.5 Å². The van der Waals surface area contributed by atoms with Crippen LogP contribution in [0.5, 0.6) is 0 Å². The third-order valence-corrected chi connectivity index (χ3v) is 7.24. The van der Waals surface area contributed by atoms with Crippen LogP contribution in [0.2, 0.25) is 0 Å². The maximum Gasteiger partial charge on any atom is 0.303 e. The Morgan fingerprint density at radius 2 is 0.930 bits per heavy atom. The number of ether oxygens (including phenoxy) is 9. The zero-order chi connectivity index (χ0) is 32.4. The fraction of sp³-hybridized carbons (Fsp3) is 0.731. The van der Waals surface area contributed by atoms with E-state index in [0.717, 1.165) is 53.3 Å². The smallest absolute Gasteiger partial charge is 0.303 e. The molecular weight excluding hydrogens is 600 g/mol. The Kier molecular flexibility index (Phi) is 13.7. The molecule has 242 valence electrons. The minimum Gasteiger partial charge on any atom is -0.463 e. The molecule has 0 N–H and O–H groups in total. The van der Waals surface area contributed by atoms with E-state index in [1.807, 2.05) is 0 Å². The lowest BCUT2D eigenvalue weighted by Gasteiger charge is -2.46. The number of esters is 7. The van der Waals surface area contributed by atoms with E-state index < -0.39 is 102 Å². The third-order valence-electron chi connectivity index (χ3n) is 5.84. The number of thioether (sulfide) groups is 1. The van der Waals surface area contributed by atoms with Crippen molar-refractivity contribution < 1.29 is 76.2 Å². The summed E-state index contributed by atoms with van der Waals surface area (Å²) in [4.78, 5) is 83.4. The molecule has 17 heteroatoms. The van der Waals surface area contributed by atoms with Crippen molar-refractivity contribution in [2.24, 2.45) is 0 Å². The van der Waals surface area contributed by atoms with Gasteiger partial charge >= 0.3 is 41.8 Å². The van der Waals surface area contributed by atoms with Crippen molar-refractivity contribution in [3.8, 4) is 0 Å². The first kappa shape index (κ1) is 35.8. The molecule has 2 aliphatic heterocycles. The van der Waals surface area contributed by atoms with Gasteiger partial charge in [0, 0.05) is 48.5 Å². The van der Waals surface area contributed by atoms with Crippen LogP contribution in [0.25, 0.3) is 0 Å². The summed E-state index contributed by atoms with van der Waals surface area (Å²) >= 11 is 0.916. The molecule has 0 bridgehead atoms. The average molecular weight is 637 g/mol. The summed E-state index contributed by atoms with van der Waals surface area (Å²) in [6, 6.07) is 0. The van der Waals surface area contributed by atoms with E-state index in [-0.39, 0.29) is 13.2 Å². The van der Waals surface area contributed by atoms with Gasteiger partial charge in [-0.1, -0.05) is 0 Å². The second kappa shape index (κ2) is 16.4. The van der Waals surface area contributed by atoms with Crippen LogP contribution in [0, 0.1) is 0 Å². The van der Waals surface area contributed by atoms with Crippen LogP contribution in [0.1, 0.15) is 48.5 Å². The number of rotatable bonds is 11. The predicted octanol–water partition coefficient (Wildman–Crippen LogP) is -0.00340. The van der Waals surface area contributed by atoms with Crippen LogP contribution in [0.3, 0.4) is 0 Å². The average Bonchev–Trinajstić information content (AvgIpc) is 2.86. The first-order valence-corrected chi connectivity index (χ1v) is 14.1. The molecule has 2 rings (SSSR count). The van der Waals surface area contributed by atoms with E-state index >= 15 is 0 Å². The van der Waals surface area contributed by atoms with Crippen LogP contribution in [0.4, 0.5) is 0 Å². The van der Waals surface area contributed by atoms with Crippen molar-refractivity contribution in [3.63, 3.8) is 0 Å². The van der Waals surface area contributed by atoms with Crippen molar-refractivity contribution in [1.29, 1.82) is 0 Å². The Morgan fingerprint density at radius 3 is 1.40 bits per heavy atom. The molecule has 2 aliphatic rings. The fourth-order valence-corrected chi connectivity index (χ4v) is 5.87. The van der Waals surface area contributed by atoms with Crippen molar-refractivity contribution in [2.75, 3.05) is 19.8 Å². The van der Waals surface area contributed by atoms with Gasteiger partial charge in [-0.3, -0.25) is 33.6 Å². The quantitative estimate of drug-likeness (QED) is 0.216. The third kappa shape index (κ3) is 11.3. The molecule has 0 unspecified atom stereocenters. The minimum atomic E-state index is -1.42. The first-order chi connectivity index (χ1) is 20.1. The van der Waals surface area contributed by atoms with E-state index in [2.05, 4.69) is 0 Å². The minimum absolute atomic E-state index is 0.167. The first-order valence-electron chi connectivity index (χ1n) is 13.1. The normalized spacial score (nSPS) is 30.2. The summed E-state index contributed by atoms with van der Waals surface area (Å²) < 4.78 is 49.4. The number of carbonyl (C=O) groups is 7. The van der Waals surface area contributed by atoms with Gasteiger partial charge in [0.15, 0.2) is 30.5 Å². The zero-order valence-corrected chi connectivity index (χ0v) is 25.6. The molecule has 0 aromatic carbocycles. The molecule has 2 fully saturated rings. The van der Waals surface area contributed by atoms with Gasteiger partial charge < -0.3 is 42.6 Å². The highest BCUT2D eigenvalue weighted by molar-refractivity contribution is 8.00. The van der Waals surface area contributed by atoms with Crippen LogP contribution < -0.4 is 0 Å². The summed E-state index contributed by atoms with van der Waals surface area (Å²) in [5.74, 6) is -5.17. The van der Waals surface area contributed by atoms with Gasteiger partial charge in [-0.05, 0) is 0 Å². The molecule has 0 aromatic rings. The number of carbonyl (C=O) groups excluding carboxylic acids is 7. The lowest BCUT2D eigenvalue weighted by Crippen LogP contribution is -2.63. The van der Waals surface area contributed by atoms with Gasteiger partial charge in [0.25, 0.3) is 0 Å². The Morgan fingerprint density at radius 1 is 0.535 bits per heavy atom. The lowest BCUT2D eigenvalue weighted by molar-refractivity contribution is -0.237. The topological polar surface area (TPSA) is 203 Å². The molecule has 16 nitrogen and oxygen atoms in total. The molecule has 2 heterocycles. The van der Waals surface area contributed by atoms with Gasteiger partial charge in [0.2, 0.25) is 0 Å². The molecule has 0 saturated carbocycles. The molecule has 0 spiro atoms. The van der Waals surface area contributed by atoms with Crippen LogP contribution in [0.15, 0.2) is 0 Å². The summed E-state index contributed by atoms with van der Waals surface area (Å²) in [5, 5.41) is -0.873. The Bertz CT molecular complexity index is 1060. The number of hydrogen-bond acceptors (Lipinski definition) is 17. The van der Waals surface area contributed by atoms with Crippen LogP contribution in [-0.4, -0.2) is 115 Å². The van der Waals surface area contributed by atoms with Gasteiger partial charge in [0.05, 0.1) is 11.9 Å². The highest BCUT2D eigenvalue weighted by Crippen LogP contribution is 2.40. The zero-order valence-electron chi connectivity index (χ0n) is 24.8. The van der Waals surface area contributed by atoms with Crippen LogP contribution in [-0.2, 0) is 76.2 Å². The molecule has 0 aliphatic carbocycles. The highest BCUT2D eigenvalue weighted by atomic mass is 32.2. The van der Waals surface area contributed by atoms with Crippen molar-refractivity contribution in [2.45, 2.75) is 102 Å². The van der Waals surface area contributed by atoms with E-state index in [4.69, 9.17) is 42.6 Å². The predicted molar refractivity (Wildman–Crippen MR) is 141 cm³/mol. The SMILES string of the molecule is CC(=O)OC[C@H]1O[C@@H](S[C@@H]2CO[C@H](COC(C)=O)[C@H](OC(C)=O)[C@@H]2OC(C)=O)[C@H](OC(C)=O)[C@@H](OC(C)=O)[C@H]1OC(C)=O. The van der Waals surface area contributed by atoms with Crippen molar-refractivity contribution in [1.82, 2.24) is 0 Å². The monoisotopic (exact) mass is 636 g/mol. The Hall–Kier alpha value is -3.44. The number of hydrogen-bond donors (Lipinski definition) is 0. The van der Waals surface area contributed by atoms with Crippen molar-refractivity contribution in [3.05, 3.63) is 0 Å². The molecule has 2 saturated heterocycles. The molecule has 0 radical (unpaired) electrons. The maximum atomic E-state index is 12.2. The Labute approximate surface area is 251 Å². The standard InChI is InChI=1S/C26H36O16S/c1-11(27)34-8-18-21(37-13(3)29)23(39-15(5)31)20(10-36-18)43-26-25(41-17(7)33)24(40-16(6)32)22(38-14(4)30)19(42-26)9-35-12(2)28/h18-26H,8-10H2,1-7H3/t18-,19-,20-,21+,22+,23-,24+,25-,26+/m1/s1. The molecular formula is C26H36O16S. The maximum absolute atomic E-state index is 12.2. The van der Waals surface area contributed by atoms with Gasteiger partial charge in [-0.2, -0.15) is 0 Å². The molecule has 0 amide bonds.